The van der Waals surface area contributed by atoms with Crippen molar-refractivity contribution >= 4 is 0 Å². The molecule has 21 heavy (non-hydrogen) atoms. The minimum atomic E-state index is -0.0171. The van der Waals surface area contributed by atoms with Crippen LogP contribution in [0.1, 0.15) is 12.7 Å². The molecule has 0 saturated carbocycles. The second-order valence-corrected chi connectivity index (χ2v) is 5.24. The molecule has 1 aromatic heterocycles. The van der Waals surface area contributed by atoms with Crippen molar-refractivity contribution in [2.45, 2.75) is 25.5 Å². The molecule has 0 aliphatic carbocycles. The molecule has 2 atom stereocenters. The number of likely N-dealkylation sites (N-methyl/N-ethyl adjacent to an activating group) is 1. The highest BCUT2D eigenvalue weighted by molar-refractivity contribution is 5.40. The molecule has 1 aliphatic rings. The van der Waals surface area contributed by atoms with E-state index >= 15 is 0 Å². The fourth-order valence-electron chi connectivity index (χ4n) is 2.62. The first-order valence-electron chi connectivity index (χ1n) is 7.36. The Morgan fingerprint density at radius 2 is 2.19 bits per heavy atom. The summed E-state index contributed by atoms with van der Waals surface area (Å²) in [5.41, 5.74) is 0. The van der Waals surface area contributed by atoms with Crippen LogP contribution in [0.5, 0.6) is 11.5 Å². The van der Waals surface area contributed by atoms with Gasteiger partial charge in [0.1, 0.15) is 18.5 Å². The Balaban J connectivity index is 1.74. The predicted octanol–water partition coefficient (Wildman–Crippen LogP) is 1.78. The van der Waals surface area contributed by atoms with Crippen LogP contribution in [0.2, 0.25) is 0 Å². The van der Waals surface area contributed by atoms with Crippen LogP contribution in [0.15, 0.2) is 36.7 Å². The second-order valence-electron chi connectivity index (χ2n) is 5.24. The third kappa shape index (κ3) is 3.03. The largest absolute Gasteiger partial charge is 0.486 e. The van der Waals surface area contributed by atoms with E-state index in [2.05, 4.69) is 17.2 Å². The summed E-state index contributed by atoms with van der Waals surface area (Å²) in [6, 6.07) is 7.98. The van der Waals surface area contributed by atoms with Crippen molar-refractivity contribution in [3.05, 3.63) is 42.5 Å². The van der Waals surface area contributed by atoms with Gasteiger partial charge in [-0.3, -0.25) is 0 Å². The highest BCUT2D eigenvalue weighted by atomic mass is 16.6. The molecule has 112 valence electrons. The molecule has 1 aliphatic heterocycles. The predicted molar refractivity (Wildman–Crippen MR) is 80.7 cm³/mol. The Bertz CT molecular complexity index is 597. The van der Waals surface area contributed by atoms with Gasteiger partial charge >= 0.3 is 0 Å². The first-order chi connectivity index (χ1) is 10.3. The number of benzene rings is 1. The zero-order chi connectivity index (χ0) is 14.7. The number of nitrogens with one attached hydrogen (secondary N) is 1. The molecule has 1 N–H and O–H groups in total. The van der Waals surface area contributed by atoms with Crippen molar-refractivity contribution in [1.29, 1.82) is 0 Å². The third-order valence-corrected chi connectivity index (χ3v) is 3.77. The normalized spacial score (nSPS) is 18.5. The second kappa shape index (κ2) is 6.18. The van der Waals surface area contributed by atoms with Crippen LogP contribution in [0.25, 0.3) is 0 Å². The number of ether oxygens (including phenoxy) is 2. The van der Waals surface area contributed by atoms with E-state index in [1.165, 1.54) is 0 Å². The molecule has 0 saturated heterocycles. The summed E-state index contributed by atoms with van der Waals surface area (Å²) >= 11 is 0. The van der Waals surface area contributed by atoms with Gasteiger partial charge < -0.3 is 19.4 Å². The highest BCUT2D eigenvalue weighted by Gasteiger charge is 2.29. The number of rotatable bonds is 5. The first kappa shape index (κ1) is 13.9. The van der Waals surface area contributed by atoms with Crippen LogP contribution in [0, 0.1) is 0 Å². The Labute approximate surface area is 124 Å². The Morgan fingerprint density at radius 1 is 1.38 bits per heavy atom. The maximum atomic E-state index is 6.11. The van der Waals surface area contributed by atoms with Crippen molar-refractivity contribution in [2.75, 3.05) is 13.2 Å². The number of para-hydroxylation sites is 2. The molecule has 1 aromatic carbocycles. The number of aryl methyl sites for hydroxylation is 1. The van der Waals surface area contributed by atoms with Gasteiger partial charge in [-0.1, -0.05) is 19.1 Å². The van der Waals surface area contributed by atoms with Crippen LogP contribution >= 0.6 is 0 Å². The number of imidazole rings is 1. The molecule has 0 amide bonds. The van der Waals surface area contributed by atoms with Gasteiger partial charge in [0, 0.05) is 25.9 Å². The van der Waals surface area contributed by atoms with Crippen molar-refractivity contribution in [2.24, 2.45) is 7.05 Å². The summed E-state index contributed by atoms with van der Waals surface area (Å²) in [6.07, 6.45) is 4.59. The number of aromatic nitrogens is 2. The Morgan fingerprint density at radius 3 is 2.90 bits per heavy atom. The van der Waals surface area contributed by atoms with Gasteiger partial charge in [0.05, 0.1) is 6.04 Å². The summed E-state index contributed by atoms with van der Waals surface area (Å²) in [5.74, 6) is 2.68. The number of hydrogen-bond acceptors (Lipinski definition) is 4. The molecule has 0 bridgehead atoms. The van der Waals surface area contributed by atoms with E-state index in [0.717, 1.165) is 30.3 Å². The number of nitrogens with zero attached hydrogens (tertiary/aromatic N) is 2. The fraction of sp³-hybridized carbons (Fsp3) is 0.438. The van der Waals surface area contributed by atoms with Crippen molar-refractivity contribution in [3.8, 4) is 11.5 Å². The van der Waals surface area contributed by atoms with Crippen LogP contribution in [-0.4, -0.2) is 34.8 Å². The molecule has 0 fully saturated rings. The van der Waals surface area contributed by atoms with Gasteiger partial charge in [-0.15, -0.1) is 0 Å². The maximum absolute atomic E-state index is 6.11. The minimum Gasteiger partial charge on any atom is -0.486 e. The average Bonchev–Trinajstić information content (AvgIpc) is 2.91. The monoisotopic (exact) mass is 287 g/mol. The number of hydrogen-bond donors (Lipinski definition) is 1. The molecule has 3 rings (SSSR count). The van der Waals surface area contributed by atoms with Crippen LogP contribution in [0.3, 0.4) is 0 Å². The average molecular weight is 287 g/mol. The van der Waals surface area contributed by atoms with Crippen molar-refractivity contribution < 1.29 is 9.47 Å². The molecular weight excluding hydrogens is 266 g/mol. The smallest absolute Gasteiger partial charge is 0.161 e. The summed E-state index contributed by atoms with van der Waals surface area (Å²) in [4.78, 5) is 4.40. The van der Waals surface area contributed by atoms with E-state index in [9.17, 15) is 0 Å². The molecule has 2 heterocycles. The van der Waals surface area contributed by atoms with E-state index in [-0.39, 0.29) is 12.1 Å². The van der Waals surface area contributed by atoms with Crippen LogP contribution in [-0.2, 0) is 13.5 Å². The summed E-state index contributed by atoms with van der Waals surface area (Å²) in [6.45, 7) is 3.54. The lowest BCUT2D eigenvalue weighted by Crippen LogP contribution is -2.49. The summed E-state index contributed by atoms with van der Waals surface area (Å²) < 4.78 is 14.0. The summed E-state index contributed by atoms with van der Waals surface area (Å²) in [7, 11) is 2.01. The Kier molecular flexibility index (Phi) is 4.10. The van der Waals surface area contributed by atoms with Crippen LogP contribution in [0.4, 0.5) is 0 Å². The SMILES string of the molecule is CCNC(Cc1nccn1C)C1COc2ccccc2O1. The zero-order valence-corrected chi connectivity index (χ0v) is 12.5. The quantitative estimate of drug-likeness (QED) is 0.910. The zero-order valence-electron chi connectivity index (χ0n) is 12.5. The first-order valence-corrected chi connectivity index (χ1v) is 7.36. The molecular formula is C16H21N3O2. The van der Waals surface area contributed by atoms with Crippen LogP contribution < -0.4 is 14.8 Å². The molecule has 0 spiro atoms. The summed E-state index contributed by atoms with van der Waals surface area (Å²) in [5, 5.41) is 3.49. The molecule has 2 aromatic rings. The van der Waals surface area contributed by atoms with Gasteiger partial charge in [0.2, 0.25) is 0 Å². The highest BCUT2D eigenvalue weighted by Crippen LogP contribution is 2.31. The molecule has 0 radical (unpaired) electrons. The van der Waals surface area contributed by atoms with Gasteiger partial charge in [-0.05, 0) is 18.7 Å². The Hall–Kier alpha value is -2.01. The van der Waals surface area contributed by atoms with E-state index < -0.39 is 0 Å². The fourth-order valence-corrected chi connectivity index (χ4v) is 2.62. The number of fused-ring (bicyclic) bond motifs is 1. The van der Waals surface area contributed by atoms with E-state index in [1.54, 1.807) is 0 Å². The minimum absolute atomic E-state index is 0.0171. The van der Waals surface area contributed by atoms with Gasteiger partial charge in [-0.25, -0.2) is 4.98 Å². The topological polar surface area (TPSA) is 48.3 Å². The van der Waals surface area contributed by atoms with Crippen molar-refractivity contribution in [1.82, 2.24) is 14.9 Å². The lowest BCUT2D eigenvalue weighted by atomic mass is 10.1. The standard InChI is InChI=1S/C16H21N3O2/c1-3-17-12(10-16-18-8-9-19(16)2)15-11-20-13-6-4-5-7-14(13)21-15/h4-9,12,15,17H,3,10-11H2,1-2H3. The van der Waals surface area contributed by atoms with E-state index in [0.29, 0.717) is 6.61 Å². The lowest BCUT2D eigenvalue weighted by molar-refractivity contribution is 0.0617. The molecule has 5 heteroatoms. The van der Waals surface area contributed by atoms with Gasteiger partial charge in [-0.2, -0.15) is 0 Å². The molecule has 2 unspecified atom stereocenters. The lowest BCUT2D eigenvalue weighted by Gasteiger charge is -2.32. The maximum Gasteiger partial charge on any atom is 0.161 e. The van der Waals surface area contributed by atoms with Gasteiger partial charge in [0.15, 0.2) is 11.5 Å². The van der Waals surface area contributed by atoms with Gasteiger partial charge in [0.25, 0.3) is 0 Å². The third-order valence-electron chi connectivity index (χ3n) is 3.77. The van der Waals surface area contributed by atoms with E-state index in [1.807, 2.05) is 48.3 Å². The molecule has 5 nitrogen and oxygen atoms in total. The van der Waals surface area contributed by atoms with Crippen molar-refractivity contribution in [3.63, 3.8) is 0 Å². The van der Waals surface area contributed by atoms with E-state index in [4.69, 9.17) is 9.47 Å².